The molecule has 0 fully saturated rings. The molecule has 284 valence electrons. The van der Waals surface area contributed by atoms with Crippen molar-refractivity contribution in [2.45, 2.75) is 85.6 Å². The summed E-state index contributed by atoms with van der Waals surface area (Å²) in [7, 11) is 2.69. The lowest BCUT2D eigenvalue weighted by Gasteiger charge is -2.38. The summed E-state index contributed by atoms with van der Waals surface area (Å²) in [5, 5.41) is 33.2. The van der Waals surface area contributed by atoms with Gasteiger partial charge in [0.15, 0.2) is 5.78 Å². The van der Waals surface area contributed by atoms with E-state index in [9.17, 15) is 39.3 Å². The summed E-state index contributed by atoms with van der Waals surface area (Å²) in [5.41, 5.74) is 4.80. The fraction of sp³-hybridized carbons (Fsp3) is 0.500. The number of methoxy groups -OCH3 is 2. The standard InChI is InChI=1S/C38H49NO13/c1-17(12-11-13-18(2)37(47)49-10)30(42)20(4)31(43)21(5)34(51-23(7)40)19(3)26(48-9)14-15-50-38(8)36(46)29-27-25(41)16-24(39)33(45)28(27)32(44)22(6)35(29)52-38/h11-17,19-21,26,30-31,34,42-44H,39H2,1-10H3/b12-11+,15-14+,18-13-/t17-,19+,20+,21+,26-,30-,31+,34+,38-/m0/s1. The first-order valence-corrected chi connectivity index (χ1v) is 16.8. The first-order chi connectivity index (χ1) is 24.2. The number of aliphatic hydroxyl groups excluding tert-OH is 2. The highest BCUT2D eigenvalue weighted by Crippen LogP contribution is 2.47. The third-order valence-corrected chi connectivity index (χ3v) is 9.73. The van der Waals surface area contributed by atoms with Gasteiger partial charge in [-0.3, -0.25) is 19.2 Å². The van der Waals surface area contributed by atoms with Gasteiger partial charge >= 0.3 is 17.7 Å². The molecular weight excluding hydrogens is 678 g/mol. The molecule has 1 heterocycles. The Morgan fingerprint density at radius 1 is 0.942 bits per heavy atom. The first-order valence-electron chi connectivity index (χ1n) is 16.8. The Kier molecular flexibility index (Phi) is 13.4. The number of hydrogen-bond donors (Lipinski definition) is 4. The summed E-state index contributed by atoms with van der Waals surface area (Å²) < 4.78 is 27.7. The highest BCUT2D eigenvalue weighted by atomic mass is 16.7. The normalized spacial score (nSPS) is 22.0. The molecule has 2 aliphatic rings. The number of rotatable bonds is 15. The van der Waals surface area contributed by atoms with E-state index in [1.807, 2.05) is 0 Å². The first kappa shape index (κ1) is 41.6. The van der Waals surface area contributed by atoms with Crippen LogP contribution in [0.15, 0.2) is 47.9 Å². The molecule has 0 spiro atoms. The Balaban J connectivity index is 1.80. The van der Waals surface area contributed by atoms with Gasteiger partial charge in [-0.1, -0.05) is 45.9 Å². The molecule has 0 saturated carbocycles. The molecule has 1 aromatic rings. The van der Waals surface area contributed by atoms with Crippen molar-refractivity contribution in [2.75, 3.05) is 14.2 Å². The van der Waals surface area contributed by atoms with Crippen molar-refractivity contribution in [1.82, 2.24) is 0 Å². The van der Waals surface area contributed by atoms with E-state index in [1.165, 1.54) is 41.1 Å². The zero-order valence-electron chi connectivity index (χ0n) is 31.1. The molecule has 5 N–H and O–H groups in total. The van der Waals surface area contributed by atoms with E-state index in [-0.39, 0.29) is 33.7 Å². The van der Waals surface area contributed by atoms with Crippen LogP contribution < -0.4 is 10.5 Å². The summed E-state index contributed by atoms with van der Waals surface area (Å²) in [5.74, 6) is -8.47. The Morgan fingerprint density at radius 3 is 2.15 bits per heavy atom. The summed E-state index contributed by atoms with van der Waals surface area (Å²) in [6.45, 7) is 12.4. The van der Waals surface area contributed by atoms with Crippen molar-refractivity contribution < 1.29 is 63.0 Å². The predicted molar refractivity (Wildman–Crippen MR) is 187 cm³/mol. The molecule has 14 nitrogen and oxygen atoms in total. The van der Waals surface area contributed by atoms with Crippen molar-refractivity contribution in [1.29, 1.82) is 0 Å². The van der Waals surface area contributed by atoms with Crippen LogP contribution in [0.5, 0.6) is 11.5 Å². The van der Waals surface area contributed by atoms with Gasteiger partial charge in [0, 0.05) is 61.8 Å². The molecule has 1 aromatic carbocycles. The number of hydrogen-bond acceptors (Lipinski definition) is 14. The fourth-order valence-corrected chi connectivity index (χ4v) is 6.48. The Hall–Kier alpha value is -4.79. The number of Topliss-reactive ketones (excluding diaryl/α,β-unsaturated/α-hetero) is 2. The van der Waals surface area contributed by atoms with Crippen molar-refractivity contribution in [2.24, 2.45) is 29.4 Å². The summed E-state index contributed by atoms with van der Waals surface area (Å²) in [6, 6.07) is 0. The molecule has 0 aromatic heterocycles. The van der Waals surface area contributed by atoms with Crippen LogP contribution in [-0.4, -0.2) is 89.0 Å². The quantitative estimate of drug-likeness (QED) is 0.0878. The fourth-order valence-electron chi connectivity index (χ4n) is 6.48. The van der Waals surface area contributed by atoms with Gasteiger partial charge in [-0.25, -0.2) is 4.79 Å². The second kappa shape index (κ2) is 16.7. The monoisotopic (exact) mass is 727 g/mol. The zero-order valence-corrected chi connectivity index (χ0v) is 31.1. The number of allylic oxidation sites excluding steroid dienone is 4. The van der Waals surface area contributed by atoms with Crippen molar-refractivity contribution in [3.8, 4) is 11.5 Å². The number of aliphatic hydroxyl groups is 2. The van der Waals surface area contributed by atoms with Crippen LogP contribution in [0.2, 0.25) is 0 Å². The summed E-state index contributed by atoms with van der Waals surface area (Å²) >= 11 is 0. The molecule has 0 unspecified atom stereocenters. The lowest BCUT2D eigenvalue weighted by molar-refractivity contribution is -0.160. The van der Waals surface area contributed by atoms with Gasteiger partial charge in [-0.05, 0) is 19.9 Å². The lowest BCUT2D eigenvalue weighted by Crippen LogP contribution is -2.46. The van der Waals surface area contributed by atoms with Gasteiger partial charge in [0.2, 0.25) is 5.78 Å². The largest absolute Gasteiger partial charge is 0.507 e. The van der Waals surface area contributed by atoms with Crippen LogP contribution in [0.3, 0.4) is 0 Å². The van der Waals surface area contributed by atoms with E-state index < -0.39 is 88.9 Å². The maximum absolute atomic E-state index is 13.7. The van der Waals surface area contributed by atoms with Crippen molar-refractivity contribution >= 4 is 29.3 Å². The van der Waals surface area contributed by atoms with Gasteiger partial charge in [0.05, 0.1) is 54.1 Å². The van der Waals surface area contributed by atoms with Crippen LogP contribution in [0.25, 0.3) is 0 Å². The van der Waals surface area contributed by atoms with Crippen LogP contribution in [0, 0.1) is 30.6 Å². The van der Waals surface area contributed by atoms with E-state index in [0.717, 1.165) is 12.3 Å². The maximum atomic E-state index is 13.7. The predicted octanol–water partition coefficient (Wildman–Crippen LogP) is 3.63. The number of carbonyl (C=O) groups is 5. The van der Waals surface area contributed by atoms with E-state index >= 15 is 0 Å². The van der Waals surface area contributed by atoms with Crippen LogP contribution >= 0.6 is 0 Å². The number of ketones is 3. The Morgan fingerprint density at radius 2 is 1.58 bits per heavy atom. The van der Waals surface area contributed by atoms with E-state index in [1.54, 1.807) is 52.8 Å². The number of carbonyl (C=O) groups excluding carboxylic acids is 5. The van der Waals surface area contributed by atoms with Crippen LogP contribution in [0.1, 0.15) is 85.1 Å². The molecular formula is C38H49NO13. The number of benzene rings is 1. The summed E-state index contributed by atoms with van der Waals surface area (Å²) in [4.78, 5) is 63.2. The van der Waals surface area contributed by atoms with Crippen molar-refractivity contribution in [3.05, 3.63) is 70.2 Å². The van der Waals surface area contributed by atoms with E-state index in [0.29, 0.717) is 5.57 Å². The van der Waals surface area contributed by atoms with Gasteiger partial charge < -0.3 is 44.7 Å². The molecule has 3 rings (SSSR count). The van der Waals surface area contributed by atoms with Crippen LogP contribution in [0.4, 0.5) is 0 Å². The molecule has 0 bridgehead atoms. The Bertz CT molecular complexity index is 1720. The zero-order chi connectivity index (χ0) is 39.4. The van der Waals surface area contributed by atoms with Crippen molar-refractivity contribution in [3.63, 3.8) is 0 Å². The molecule has 1 aliphatic carbocycles. The lowest BCUT2D eigenvalue weighted by atomic mass is 9.78. The average Bonchev–Trinajstić information content (AvgIpc) is 3.36. The minimum Gasteiger partial charge on any atom is -0.507 e. The van der Waals surface area contributed by atoms with E-state index in [2.05, 4.69) is 4.74 Å². The number of ether oxygens (including phenoxy) is 5. The second-order valence-electron chi connectivity index (χ2n) is 13.5. The summed E-state index contributed by atoms with van der Waals surface area (Å²) in [6.07, 6.45) is 4.51. The highest BCUT2D eigenvalue weighted by molar-refractivity contribution is 6.30. The molecule has 0 radical (unpaired) electrons. The van der Waals surface area contributed by atoms with E-state index in [4.69, 9.17) is 24.7 Å². The molecule has 14 heteroatoms. The third kappa shape index (κ3) is 8.30. The Labute approximate surface area is 302 Å². The van der Waals surface area contributed by atoms with Gasteiger partial charge in [0.25, 0.3) is 5.78 Å². The number of esters is 2. The third-order valence-electron chi connectivity index (χ3n) is 9.73. The number of aromatic hydroxyl groups is 1. The number of fused-ring (bicyclic) bond motifs is 3. The van der Waals surface area contributed by atoms with Crippen LogP contribution in [-0.2, 0) is 28.5 Å². The van der Waals surface area contributed by atoms with Gasteiger partial charge in [-0.15, -0.1) is 0 Å². The van der Waals surface area contributed by atoms with Gasteiger partial charge in [-0.2, -0.15) is 0 Å². The smallest absolute Gasteiger partial charge is 0.333 e. The minimum atomic E-state index is -2.01. The molecule has 0 saturated heterocycles. The highest BCUT2D eigenvalue weighted by Gasteiger charge is 2.51. The molecule has 0 amide bonds. The number of phenols is 1. The number of phenolic OH excluding ortho intramolecular Hbond substituents is 1. The minimum absolute atomic E-state index is 0.0460. The molecule has 9 atom stereocenters. The topological polar surface area (TPSA) is 218 Å². The maximum Gasteiger partial charge on any atom is 0.333 e. The molecule has 1 aliphatic heterocycles. The number of nitrogens with two attached hydrogens (primary N) is 1. The van der Waals surface area contributed by atoms with Gasteiger partial charge in [0.1, 0.15) is 17.6 Å². The average molecular weight is 728 g/mol. The molecule has 52 heavy (non-hydrogen) atoms. The second-order valence-corrected chi connectivity index (χ2v) is 13.5. The SMILES string of the molecule is COC(=O)/C(C)=C\C=C\[C@H](C)[C@H](O)[C@@H](C)[C@@H](O)[C@@H](C)[C@H](OC(C)=O)[C@H](C)[C@H](/C=C/O[C@@]1(C)Oc2c(C)c(O)c3c(c2C1=O)C(=O)C=C(N)C3=O)OC.